The molecule has 1 N–H and O–H groups in total. The maximum atomic E-state index is 13.1. The fraction of sp³-hybridized carbons (Fsp3) is 0.500. The first-order chi connectivity index (χ1) is 17.9. The number of anilines is 1. The van der Waals surface area contributed by atoms with Gasteiger partial charge in [0.2, 0.25) is 0 Å². The molecule has 4 heterocycles. The van der Waals surface area contributed by atoms with E-state index in [1.165, 1.54) is 6.20 Å². The van der Waals surface area contributed by atoms with Crippen LogP contribution >= 0.6 is 34.3 Å². The summed E-state index contributed by atoms with van der Waals surface area (Å²) >= 11 is 9.35. The Bertz CT molecular complexity index is 1200. The number of Topliss-reactive ketones (excluding diaryl/α,β-unsaturated/α-hetero) is 1. The number of carboxylic acids is 1. The zero-order valence-corrected chi connectivity index (χ0v) is 23.5. The molecule has 4 rings (SSSR count). The minimum Gasteiger partial charge on any atom is -0.481 e. The van der Waals surface area contributed by atoms with Gasteiger partial charge in [0, 0.05) is 29.9 Å². The van der Waals surface area contributed by atoms with E-state index in [2.05, 4.69) is 28.7 Å². The molecule has 198 valence electrons. The Morgan fingerprint density at radius 3 is 2.46 bits per heavy atom. The Balaban J connectivity index is 1.47. The Labute approximate surface area is 230 Å². The van der Waals surface area contributed by atoms with Crippen LogP contribution in [0.5, 0.6) is 0 Å². The molecule has 0 aromatic carbocycles. The minimum atomic E-state index is -0.745. The number of hydrogen-bond acceptors (Lipinski definition) is 9. The number of hydrogen-bond donors (Lipinski definition) is 1. The fourth-order valence-corrected chi connectivity index (χ4v) is 6.81. The topological polar surface area (TPSA) is 99.5 Å². The van der Waals surface area contributed by atoms with Crippen LogP contribution in [-0.4, -0.2) is 62.9 Å². The fourth-order valence-electron chi connectivity index (χ4n) is 4.53. The molecule has 0 bridgehead atoms. The number of rotatable bonds is 12. The van der Waals surface area contributed by atoms with Crippen molar-refractivity contribution in [3.63, 3.8) is 0 Å². The van der Waals surface area contributed by atoms with Gasteiger partial charge in [-0.2, -0.15) is 0 Å². The molecular weight excluding hydrogens is 530 g/mol. The first-order valence-electron chi connectivity index (χ1n) is 12.7. The minimum absolute atomic E-state index is 0.126. The average molecular weight is 562 g/mol. The second-order valence-corrected chi connectivity index (χ2v) is 11.8. The van der Waals surface area contributed by atoms with Crippen molar-refractivity contribution in [3.8, 4) is 10.6 Å². The lowest BCUT2D eigenvalue weighted by atomic mass is 9.97. The number of carbonyl (C=O) groups excluding carboxylic acids is 1. The van der Waals surface area contributed by atoms with E-state index in [4.69, 9.17) is 16.6 Å². The van der Waals surface area contributed by atoms with Crippen LogP contribution in [0.2, 0.25) is 5.02 Å². The van der Waals surface area contributed by atoms with Crippen LogP contribution in [-0.2, 0) is 17.8 Å². The van der Waals surface area contributed by atoms with E-state index >= 15 is 0 Å². The Hall–Kier alpha value is -2.40. The molecule has 1 fully saturated rings. The molecule has 0 aliphatic carbocycles. The van der Waals surface area contributed by atoms with Crippen molar-refractivity contribution in [2.75, 3.05) is 31.1 Å². The summed E-state index contributed by atoms with van der Waals surface area (Å²) in [4.78, 5) is 44.5. The third-order valence-electron chi connectivity index (χ3n) is 6.39. The highest BCUT2D eigenvalue weighted by molar-refractivity contribution is 7.15. The van der Waals surface area contributed by atoms with Crippen LogP contribution < -0.4 is 4.90 Å². The molecule has 37 heavy (non-hydrogen) atoms. The van der Waals surface area contributed by atoms with E-state index < -0.39 is 5.97 Å². The number of ketones is 1. The first-order valence-corrected chi connectivity index (χ1v) is 14.7. The second kappa shape index (κ2) is 12.9. The van der Waals surface area contributed by atoms with Gasteiger partial charge in [0.05, 0.1) is 40.3 Å². The molecule has 0 atom stereocenters. The first kappa shape index (κ1) is 27.6. The van der Waals surface area contributed by atoms with Crippen LogP contribution in [0.1, 0.15) is 59.9 Å². The molecule has 1 aliphatic heterocycles. The van der Waals surface area contributed by atoms with Gasteiger partial charge in [-0.25, -0.2) is 15.0 Å². The lowest BCUT2D eigenvalue weighted by molar-refractivity contribution is -0.142. The average Bonchev–Trinajstić information content (AvgIpc) is 3.50. The van der Waals surface area contributed by atoms with Crippen molar-refractivity contribution >= 4 is 51.8 Å². The number of nitrogens with zero attached hydrogens (tertiary/aromatic N) is 5. The summed E-state index contributed by atoms with van der Waals surface area (Å²) in [6.07, 6.45) is 6.60. The van der Waals surface area contributed by atoms with Gasteiger partial charge >= 0.3 is 5.97 Å². The third-order valence-corrected chi connectivity index (χ3v) is 8.72. The molecule has 0 radical (unpaired) electrons. The maximum Gasteiger partial charge on any atom is 0.306 e. The Morgan fingerprint density at radius 1 is 1.16 bits per heavy atom. The van der Waals surface area contributed by atoms with E-state index in [0.29, 0.717) is 42.5 Å². The van der Waals surface area contributed by atoms with Gasteiger partial charge in [0.15, 0.2) is 5.78 Å². The quantitative estimate of drug-likeness (QED) is 0.283. The molecule has 0 amide bonds. The van der Waals surface area contributed by atoms with Crippen molar-refractivity contribution in [2.24, 2.45) is 5.92 Å². The molecule has 0 saturated carbocycles. The SMILES string of the molecule is CCCN(CCC)Cc1sc(CC(=O)c2cnc(N3CCC(C(=O)O)CC3)cn2)nc1-c1cc(Cl)cs1. The van der Waals surface area contributed by atoms with Crippen LogP contribution in [0.25, 0.3) is 10.6 Å². The van der Waals surface area contributed by atoms with Crippen molar-refractivity contribution < 1.29 is 14.7 Å². The van der Waals surface area contributed by atoms with Gasteiger partial charge in [-0.05, 0) is 44.8 Å². The summed E-state index contributed by atoms with van der Waals surface area (Å²) in [7, 11) is 0. The molecule has 1 saturated heterocycles. The number of thiazole rings is 1. The Morgan fingerprint density at radius 2 is 1.89 bits per heavy atom. The van der Waals surface area contributed by atoms with Crippen molar-refractivity contribution in [3.05, 3.63) is 44.4 Å². The van der Waals surface area contributed by atoms with Crippen LogP contribution in [0.4, 0.5) is 5.82 Å². The lowest BCUT2D eigenvalue weighted by Crippen LogP contribution is -2.36. The number of halogens is 1. The normalized spacial score (nSPS) is 14.4. The van der Waals surface area contributed by atoms with Crippen LogP contribution in [0.3, 0.4) is 0 Å². The van der Waals surface area contributed by atoms with E-state index in [0.717, 1.165) is 52.9 Å². The third kappa shape index (κ3) is 7.13. The summed E-state index contributed by atoms with van der Waals surface area (Å²) in [5, 5.41) is 12.5. The highest BCUT2D eigenvalue weighted by Gasteiger charge is 2.25. The van der Waals surface area contributed by atoms with E-state index in [1.807, 2.05) is 16.3 Å². The van der Waals surface area contributed by atoms with Gasteiger partial charge in [-0.3, -0.25) is 14.5 Å². The number of thiophene rings is 1. The number of carbonyl (C=O) groups is 2. The highest BCUT2D eigenvalue weighted by Crippen LogP contribution is 2.35. The maximum absolute atomic E-state index is 13.1. The van der Waals surface area contributed by atoms with Crippen molar-refractivity contribution in [2.45, 2.75) is 52.5 Å². The molecule has 11 heteroatoms. The molecule has 1 aliphatic rings. The summed E-state index contributed by atoms with van der Waals surface area (Å²) in [6.45, 7) is 8.42. The molecule has 0 spiro atoms. The predicted molar refractivity (Wildman–Crippen MR) is 149 cm³/mol. The molecule has 3 aromatic heterocycles. The number of carboxylic acid groups (broad SMARTS) is 1. The summed E-state index contributed by atoms with van der Waals surface area (Å²) in [6, 6.07) is 1.93. The molecule has 3 aromatic rings. The predicted octanol–water partition coefficient (Wildman–Crippen LogP) is 5.66. The monoisotopic (exact) mass is 561 g/mol. The Kier molecular flexibility index (Phi) is 9.64. The highest BCUT2D eigenvalue weighted by atomic mass is 35.5. The van der Waals surface area contributed by atoms with Crippen LogP contribution in [0, 0.1) is 5.92 Å². The van der Waals surface area contributed by atoms with Gasteiger partial charge < -0.3 is 10.0 Å². The summed E-state index contributed by atoms with van der Waals surface area (Å²) in [5.74, 6) is -0.510. The molecule has 0 unspecified atom stereocenters. The zero-order valence-electron chi connectivity index (χ0n) is 21.2. The smallest absolute Gasteiger partial charge is 0.306 e. The lowest BCUT2D eigenvalue weighted by Gasteiger charge is -2.30. The molecule has 8 nitrogen and oxygen atoms in total. The summed E-state index contributed by atoms with van der Waals surface area (Å²) < 4.78 is 0. The van der Waals surface area contributed by atoms with Gasteiger partial charge in [0.25, 0.3) is 0 Å². The number of piperidine rings is 1. The van der Waals surface area contributed by atoms with Gasteiger partial charge in [0.1, 0.15) is 16.5 Å². The van der Waals surface area contributed by atoms with Gasteiger partial charge in [-0.1, -0.05) is 25.4 Å². The van der Waals surface area contributed by atoms with E-state index in [9.17, 15) is 14.7 Å². The van der Waals surface area contributed by atoms with Crippen LogP contribution in [0.15, 0.2) is 23.8 Å². The summed E-state index contributed by atoms with van der Waals surface area (Å²) in [5.41, 5.74) is 1.22. The second-order valence-electron chi connectivity index (χ2n) is 9.24. The zero-order chi connectivity index (χ0) is 26.4. The van der Waals surface area contributed by atoms with Gasteiger partial charge in [-0.15, -0.1) is 22.7 Å². The number of aliphatic carboxylic acids is 1. The standard InChI is InChI=1S/C26H32ClN5O3S2/c1-3-7-31(8-4-2)15-22-25(21-11-18(27)16-36-21)30-24(37-22)12-20(33)19-13-29-23(14-28-19)32-9-5-17(6-10-32)26(34)35/h11,13-14,16-17H,3-10,12,15H2,1-2H3,(H,34,35). The van der Waals surface area contributed by atoms with Crippen molar-refractivity contribution in [1.82, 2.24) is 19.9 Å². The van der Waals surface area contributed by atoms with E-state index in [-0.39, 0.29) is 18.1 Å². The van der Waals surface area contributed by atoms with E-state index in [1.54, 1.807) is 28.9 Å². The van der Waals surface area contributed by atoms with Crippen molar-refractivity contribution in [1.29, 1.82) is 0 Å². The molecular formula is C26H32ClN5O3S2. The largest absolute Gasteiger partial charge is 0.481 e. The number of aromatic nitrogens is 3.